The van der Waals surface area contributed by atoms with Crippen LogP contribution in [0, 0.1) is 17.9 Å². The zero-order valence-corrected chi connectivity index (χ0v) is 46.5. The molecule has 0 aliphatic carbocycles. The second kappa shape index (κ2) is 22.2. The van der Waals surface area contributed by atoms with E-state index in [0.717, 1.165) is 110 Å². The average molecular weight is 1110 g/mol. The fraction of sp³-hybridized carbons (Fsp3) is 0. The Bertz CT molecular complexity index is 5620. The molecule has 0 aliphatic rings. The van der Waals surface area contributed by atoms with E-state index < -0.39 is 6.04 Å². The van der Waals surface area contributed by atoms with Gasteiger partial charge in [-0.2, -0.15) is 5.26 Å². The number of hydrogen-bond donors (Lipinski definition) is 0. The van der Waals surface area contributed by atoms with Gasteiger partial charge >= 0.3 is 0 Å². The zero-order chi connectivity index (χ0) is 62.6. The minimum atomic E-state index is -0.394. The Balaban J connectivity index is 0.000000153. The van der Waals surface area contributed by atoms with Crippen molar-refractivity contribution < 1.29 is 6.85 Å². The van der Waals surface area contributed by atoms with Gasteiger partial charge in [-0.15, -0.1) is 0 Å². The maximum atomic E-state index is 9.17. The van der Waals surface area contributed by atoms with Crippen LogP contribution in [0.2, 0.25) is 0 Å². The fourth-order valence-corrected chi connectivity index (χ4v) is 11.8. The number of pyridine rings is 1. The first-order valence-electron chi connectivity index (χ1n) is 30.9. The summed E-state index contributed by atoms with van der Waals surface area (Å²) in [6.45, 7) is 7.38. The van der Waals surface area contributed by atoms with Crippen molar-refractivity contribution >= 4 is 65.6 Å². The first-order valence-corrected chi connectivity index (χ1v) is 28.4. The van der Waals surface area contributed by atoms with Crippen molar-refractivity contribution in [1.82, 2.24) is 24.3 Å². The van der Waals surface area contributed by atoms with Crippen LogP contribution in [0.1, 0.15) is 12.4 Å². The first kappa shape index (κ1) is 46.3. The Labute approximate surface area is 509 Å². The molecule has 0 saturated carbocycles. The standard InChI is InChI=1S/C41H25N5.C39H24N2/c1-43-38-22-20-32(21-23-38)36-24-35(31-18-16-30(17-19-31)29-14-12-28(27-42)13-15-29)25-37(26-36)41-45-39(33-8-4-2-5-9-33)44-40(46-41)34-10-6-3-7-11-34;1-2-10-25(11-3-1)28-22-23-29(32-15-7-6-14-31(28)32)27-19-20-33-34-21-18-26-12-4-5-13-30(26)38(34)39-40-35-16-8-9-17-36(35)41(39)37(33)24-27/h2-26H;1-24H/i;1D,2D,3D,10D,11D. The van der Waals surface area contributed by atoms with Crippen molar-refractivity contribution in [3.05, 3.63) is 314 Å². The van der Waals surface area contributed by atoms with Gasteiger partial charge in [0.05, 0.1) is 41.6 Å². The van der Waals surface area contributed by atoms with Crippen LogP contribution in [0.15, 0.2) is 297 Å². The van der Waals surface area contributed by atoms with Crippen molar-refractivity contribution in [2.24, 2.45) is 0 Å². The summed E-state index contributed by atoms with van der Waals surface area (Å²) in [4.78, 5) is 23.5. The number of imidazole rings is 1. The van der Waals surface area contributed by atoms with Gasteiger partial charge in [0.2, 0.25) is 0 Å². The lowest BCUT2D eigenvalue weighted by atomic mass is 9.91. The first-order chi connectivity index (χ1) is 45.1. The summed E-state index contributed by atoms with van der Waals surface area (Å²) in [6.07, 6.45) is 0. The molecule has 0 fully saturated rings. The second-order valence-corrected chi connectivity index (χ2v) is 21.2. The lowest BCUT2D eigenvalue weighted by molar-refractivity contribution is 1.07. The number of aromatic nitrogens is 5. The maximum absolute atomic E-state index is 9.17. The summed E-state index contributed by atoms with van der Waals surface area (Å²) >= 11 is 0. The highest BCUT2D eigenvalue weighted by molar-refractivity contribution is 6.23. The number of rotatable bonds is 8. The molecule has 0 N–H and O–H groups in total. The topological polar surface area (TPSA) is 84.1 Å². The van der Waals surface area contributed by atoms with E-state index in [1.165, 1.54) is 10.8 Å². The monoisotopic (exact) mass is 1110 g/mol. The van der Waals surface area contributed by atoms with Crippen molar-refractivity contribution in [1.29, 1.82) is 5.26 Å². The summed E-state index contributed by atoms with van der Waals surface area (Å²) in [5.41, 5.74) is 16.8. The molecule has 7 heteroatoms. The van der Waals surface area contributed by atoms with Crippen LogP contribution in [0.25, 0.3) is 155 Å². The van der Waals surface area contributed by atoms with Gasteiger partial charge in [0, 0.05) is 27.5 Å². The minimum absolute atomic E-state index is 0.205. The highest BCUT2D eigenvalue weighted by Crippen LogP contribution is 2.42. The van der Waals surface area contributed by atoms with Gasteiger partial charge in [0.25, 0.3) is 0 Å². The molecule has 0 amide bonds. The molecule has 0 unspecified atom stereocenters. The third kappa shape index (κ3) is 9.74. The SMILES string of the molecule is [2H]c1c([2H])c([2H])c(-c2ccc(-c3ccc4c5ccc6ccccc6c5c5nc6ccccc6n5c4c3)c3ccccc23)c([2H])c1[2H].[C-]#[N+]c1ccc(-c2cc(-c3ccc(-c4ccc(C#N)cc4)cc3)cc(-c3nc(-c4ccccc4)nc(-c4ccccc4)n3)c2)cc1. The number of para-hydroxylation sites is 2. The van der Waals surface area contributed by atoms with Crippen molar-refractivity contribution in [2.75, 3.05) is 0 Å². The molecule has 16 aromatic rings. The van der Waals surface area contributed by atoms with Crippen molar-refractivity contribution in [3.63, 3.8) is 0 Å². The van der Waals surface area contributed by atoms with E-state index in [1.807, 2.05) is 158 Å². The molecule has 13 aromatic carbocycles. The maximum Gasteiger partial charge on any atom is 0.187 e. The van der Waals surface area contributed by atoms with E-state index in [9.17, 15) is 0 Å². The third-order valence-electron chi connectivity index (χ3n) is 16.0. The number of nitriles is 1. The Hall–Kier alpha value is -12.2. The Morgan fingerprint density at radius 2 is 0.862 bits per heavy atom. The van der Waals surface area contributed by atoms with Gasteiger partial charge < -0.3 is 0 Å². The summed E-state index contributed by atoms with van der Waals surface area (Å²) in [6, 6.07) is 90.0. The quantitative estimate of drug-likeness (QED) is 0.112. The van der Waals surface area contributed by atoms with E-state index in [2.05, 4.69) is 125 Å². The summed E-state index contributed by atoms with van der Waals surface area (Å²) in [7, 11) is 0. The van der Waals surface area contributed by atoms with Crippen molar-refractivity contribution in [2.45, 2.75) is 0 Å². The molecule has 3 aromatic heterocycles. The van der Waals surface area contributed by atoms with Gasteiger partial charge in [0.15, 0.2) is 23.2 Å². The molecule has 0 aliphatic heterocycles. The molecule has 3 heterocycles. The molecule has 404 valence electrons. The molecule has 16 rings (SSSR count). The lowest BCUT2D eigenvalue weighted by Crippen LogP contribution is -2.00. The highest BCUT2D eigenvalue weighted by Gasteiger charge is 2.19. The predicted molar refractivity (Wildman–Crippen MR) is 357 cm³/mol. The number of nitrogens with zero attached hydrogens (tertiary/aromatic N) is 7. The van der Waals surface area contributed by atoms with Crippen molar-refractivity contribution in [3.8, 4) is 95.9 Å². The average Bonchev–Trinajstić information content (AvgIpc) is 1.42. The molecule has 0 bridgehead atoms. The zero-order valence-electron chi connectivity index (χ0n) is 51.5. The molecule has 0 radical (unpaired) electrons. The van der Waals surface area contributed by atoms with Crippen LogP contribution >= 0.6 is 0 Å². The summed E-state index contributed by atoms with van der Waals surface area (Å²) in [5.74, 6) is 1.77. The van der Waals surface area contributed by atoms with E-state index in [0.29, 0.717) is 34.3 Å². The summed E-state index contributed by atoms with van der Waals surface area (Å²) < 4.78 is 44.1. The largest absolute Gasteiger partial charge is 0.292 e. The smallest absolute Gasteiger partial charge is 0.187 e. The number of fused-ring (bicyclic) bond motifs is 11. The molecule has 0 saturated heterocycles. The van der Waals surface area contributed by atoms with Crippen LogP contribution in [0.4, 0.5) is 5.69 Å². The Kier molecular flexibility index (Phi) is 11.8. The molecule has 0 spiro atoms. The minimum Gasteiger partial charge on any atom is -0.292 e. The molecule has 7 nitrogen and oxygen atoms in total. The van der Waals surface area contributed by atoms with E-state index in [-0.39, 0.29) is 29.7 Å². The molecular formula is C80H49N7. The number of hydrogen-bond acceptors (Lipinski definition) is 5. The van der Waals surface area contributed by atoms with E-state index >= 15 is 0 Å². The van der Waals surface area contributed by atoms with Gasteiger partial charge in [-0.3, -0.25) is 4.40 Å². The van der Waals surface area contributed by atoms with Crippen LogP contribution in [-0.2, 0) is 0 Å². The lowest BCUT2D eigenvalue weighted by Gasteiger charge is -2.15. The second-order valence-electron chi connectivity index (χ2n) is 21.2. The number of benzene rings is 13. The van der Waals surface area contributed by atoms with Crippen LogP contribution in [0.5, 0.6) is 0 Å². The van der Waals surface area contributed by atoms with E-state index in [1.54, 1.807) is 0 Å². The van der Waals surface area contributed by atoms with Crippen LogP contribution in [0.3, 0.4) is 0 Å². The van der Waals surface area contributed by atoms with Crippen LogP contribution < -0.4 is 0 Å². The third-order valence-corrected chi connectivity index (χ3v) is 16.0. The molecule has 87 heavy (non-hydrogen) atoms. The Morgan fingerprint density at radius 3 is 1.48 bits per heavy atom. The summed E-state index contributed by atoms with van der Waals surface area (Å²) in [5, 5.41) is 16.7. The Morgan fingerprint density at radius 1 is 0.368 bits per heavy atom. The van der Waals surface area contributed by atoms with Gasteiger partial charge in [-0.05, 0) is 131 Å². The van der Waals surface area contributed by atoms with E-state index in [4.69, 9.17) is 38.6 Å². The van der Waals surface area contributed by atoms with Crippen LogP contribution in [-0.4, -0.2) is 24.3 Å². The fourth-order valence-electron chi connectivity index (χ4n) is 11.8. The highest BCUT2D eigenvalue weighted by atomic mass is 15.0. The normalized spacial score (nSPS) is 12.0. The van der Waals surface area contributed by atoms with Gasteiger partial charge in [0.1, 0.15) is 5.65 Å². The molecule has 0 atom stereocenters. The molecular weight excluding hydrogens is 1060 g/mol. The van der Waals surface area contributed by atoms with Gasteiger partial charge in [-0.1, -0.05) is 249 Å². The predicted octanol–water partition coefficient (Wildman–Crippen LogP) is 20.7. The van der Waals surface area contributed by atoms with Gasteiger partial charge in [-0.25, -0.2) is 24.8 Å².